The van der Waals surface area contributed by atoms with Crippen molar-refractivity contribution in [2.45, 2.75) is 46.1 Å². The van der Waals surface area contributed by atoms with Gasteiger partial charge < -0.3 is 10.1 Å². The second-order valence-corrected chi connectivity index (χ2v) is 6.58. The summed E-state index contributed by atoms with van der Waals surface area (Å²) in [6, 6.07) is 0.308. The second-order valence-electron chi connectivity index (χ2n) is 4.39. The van der Waals surface area contributed by atoms with Crippen molar-refractivity contribution in [1.29, 1.82) is 0 Å². The van der Waals surface area contributed by atoms with Gasteiger partial charge in [-0.25, -0.2) is 8.42 Å². The second kappa shape index (κ2) is 9.33. The third-order valence-electron chi connectivity index (χ3n) is 2.48. The first-order valence-electron chi connectivity index (χ1n) is 6.50. The third-order valence-corrected chi connectivity index (χ3v) is 4.06. The molecule has 0 aliphatic rings. The van der Waals surface area contributed by atoms with E-state index >= 15 is 0 Å². The molecule has 0 spiro atoms. The number of esters is 1. The van der Waals surface area contributed by atoms with Gasteiger partial charge in [0.2, 0.25) is 0 Å². The maximum Gasteiger partial charge on any atom is 0.321 e. The summed E-state index contributed by atoms with van der Waals surface area (Å²) in [6.45, 7) is 6.94. The van der Waals surface area contributed by atoms with Gasteiger partial charge in [0.25, 0.3) is 0 Å². The molecule has 108 valence electrons. The minimum atomic E-state index is -3.32. The fourth-order valence-electron chi connectivity index (χ4n) is 1.56. The highest BCUT2D eigenvalue weighted by molar-refractivity contribution is 7.92. The van der Waals surface area contributed by atoms with Gasteiger partial charge in [0.05, 0.1) is 12.4 Å². The lowest BCUT2D eigenvalue weighted by Gasteiger charge is -2.12. The van der Waals surface area contributed by atoms with Crippen LogP contribution in [-0.4, -0.2) is 45.1 Å². The van der Waals surface area contributed by atoms with Crippen LogP contribution in [0.5, 0.6) is 0 Å². The maximum atomic E-state index is 11.6. The molecule has 0 aliphatic carbocycles. The summed E-state index contributed by atoms with van der Waals surface area (Å²) < 4.78 is 27.8. The molecule has 0 bridgehead atoms. The van der Waals surface area contributed by atoms with Crippen molar-refractivity contribution in [2.75, 3.05) is 24.7 Å². The van der Waals surface area contributed by atoms with E-state index in [0.29, 0.717) is 12.5 Å². The van der Waals surface area contributed by atoms with E-state index in [1.807, 2.05) is 6.92 Å². The van der Waals surface area contributed by atoms with Crippen LogP contribution in [-0.2, 0) is 19.4 Å². The zero-order valence-electron chi connectivity index (χ0n) is 11.6. The van der Waals surface area contributed by atoms with Crippen molar-refractivity contribution < 1.29 is 17.9 Å². The van der Waals surface area contributed by atoms with Gasteiger partial charge >= 0.3 is 5.97 Å². The normalized spacial score (nSPS) is 13.3. The van der Waals surface area contributed by atoms with Gasteiger partial charge in [0.1, 0.15) is 5.75 Å². The first kappa shape index (κ1) is 17.4. The Morgan fingerprint density at radius 2 is 2.00 bits per heavy atom. The average Bonchev–Trinajstić information content (AvgIpc) is 2.25. The van der Waals surface area contributed by atoms with Crippen molar-refractivity contribution in [3.63, 3.8) is 0 Å². The monoisotopic (exact) mass is 279 g/mol. The maximum absolute atomic E-state index is 11.6. The number of sulfone groups is 1. The van der Waals surface area contributed by atoms with E-state index in [9.17, 15) is 13.2 Å². The van der Waals surface area contributed by atoms with Crippen molar-refractivity contribution in [1.82, 2.24) is 5.32 Å². The topological polar surface area (TPSA) is 72.5 Å². The predicted octanol–water partition coefficient (Wildman–Crippen LogP) is 1.13. The van der Waals surface area contributed by atoms with E-state index < -0.39 is 21.6 Å². The Bertz CT molecular complexity index is 327. The Balaban J connectivity index is 3.86. The molecule has 0 aromatic rings. The number of rotatable bonds is 10. The van der Waals surface area contributed by atoms with E-state index in [0.717, 1.165) is 19.4 Å². The zero-order chi connectivity index (χ0) is 14.0. The molecule has 6 heteroatoms. The quantitative estimate of drug-likeness (QED) is 0.607. The SMILES string of the molecule is CCCNC(C)CCCS(=O)(=O)CC(=O)OCC. The average molecular weight is 279 g/mol. The van der Waals surface area contributed by atoms with Gasteiger partial charge in [-0.15, -0.1) is 0 Å². The summed E-state index contributed by atoms with van der Waals surface area (Å²) in [5.41, 5.74) is 0. The largest absolute Gasteiger partial charge is 0.465 e. The Kier molecular flexibility index (Phi) is 9.01. The van der Waals surface area contributed by atoms with Gasteiger partial charge in [-0.1, -0.05) is 6.92 Å². The smallest absolute Gasteiger partial charge is 0.321 e. The number of carbonyl (C=O) groups is 1. The number of hydrogen-bond acceptors (Lipinski definition) is 5. The fourth-order valence-corrected chi connectivity index (χ4v) is 2.75. The molecule has 18 heavy (non-hydrogen) atoms. The molecule has 0 radical (unpaired) electrons. The number of nitrogens with one attached hydrogen (secondary N) is 1. The van der Waals surface area contributed by atoms with Crippen molar-refractivity contribution in [2.24, 2.45) is 0 Å². The minimum absolute atomic E-state index is 0.0456. The Morgan fingerprint density at radius 3 is 2.56 bits per heavy atom. The van der Waals surface area contributed by atoms with Crippen LogP contribution in [0.2, 0.25) is 0 Å². The molecule has 0 aliphatic heterocycles. The third kappa shape index (κ3) is 9.41. The summed E-state index contributed by atoms with van der Waals surface area (Å²) in [7, 11) is -3.32. The van der Waals surface area contributed by atoms with E-state index in [1.165, 1.54) is 0 Å². The van der Waals surface area contributed by atoms with Crippen LogP contribution in [0.25, 0.3) is 0 Å². The molecule has 0 saturated carbocycles. The van der Waals surface area contributed by atoms with Gasteiger partial charge in [-0.3, -0.25) is 4.79 Å². The predicted molar refractivity (Wildman–Crippen MR) is 72.3 cm³/mol. The Labute approximate surface area is 110 Å². The molecule has 1 unspecified atom stereocenters. The van der Waals surface area contributed by atoms with Crippen LogP contribution in [0, 0.1) is 0 Å². The molecular weight excluding hydrogens is 254 g/mol. The van der Waals surface area contributed by atoms with Crippen molar-refractivity contribution >= 4 is 15.8 Å². The number of hydrogen-bond donors (Lipinski definition) is 1. The van der Waals surface area contributed by atoms with E-state index in [2.05, 4.69) is 17.0 Å². The van der Waals surface area contributed by atoms with Crippen molar-refractivity contribution in [3.8, 4) is 0 Å². The Hall–Kier alpha value is -0.620. The van der Waals surface area contributed by atoms with Crippen LogP contribution < -0.4 is 5.32 Å². The van der Waals surface area contributed by atoms with Gasteiger partial charge in [-0.05, 0) is 39.7 Å². The van der Waals surface area contributed by atoms with Gasteiger partial charge in [0, 0.05) is 6.04 Å². The van der Waals surface area contributed by atoms with Crippen LogP contribution in [0.4, 0.5) is 0 Å². The van der Waals surface area contributed by atoms with E-state index in [-0.39, 0.29) is 12.4 Å². The molecule has 0 rings (SSSR count). The molecule has 0 aromatic carbocycles. The summed E-state index contributed by atoms with van der Waals surface area (Å²) in [5, 5.41) is 3.29. The Morgan fingerprint density at radius 1 is 1.33 bits per heavy atom. The molecule has 0 aromatic heterocycles. The summed E-state index contributed by atoms with van der Waals surface area (Å²) >= 11 is 0. The van der Waals surface area contributed by atoms with E-state index in [4.69, 9.17) is 0 Å². The summed E-state index contributed by atoms with van der Waals surface area (Å²) in [5.74, 6) is -1.11. The van der Waals surface area contributed by atoms with Crippen LogP contribution >= 0.6 is 0 Å². The van der Waals surface area contributed by atoms with Crippen LogP contribution in [0.15, 0.2) is 0 Å². The zero-order valence-corrected chi connectivity index (χ0v) is 12.4. The molecule has 0 saturated heterocycles. The standard InChI is InChI=1S/C12H25NO4S/c1-4-8-13-11(3)7-6-9-18(15,16)10-12(14)17-5-2/h11,13H,4-10H2,1-3H3. The first-order valence-corrected chi connectivity index (χ1v) is 8.32. The highest BCUT2D eigenvalue weighted by Crippen LogP contribution is 2.02. The molecule has 0 heterocycles. The first-order chi connectivity index (χ1) is 8.41. The lowest BCUT2D eigenvalue weighted by atomic mass is 10.2. The lowest BCUT2D eigenvalue weighted by Crippen LogP contribution is -2.28. The molecular formula is C12H25NO4S. The number of ether oxygens (including phenoxy) is 1. The van der Waals surface area contributed by atoms with Crippen LogP contribution in [0.3, 0.4) is 0 Å². The summed E-state index contributed by atoms with van der Waals surface area (Å²) in [4.78, 5) is 11.1. The van der Waals surface area contributed by atoms with Gasteiger partial charge in [0.15, 0.2) is 9.84 Å². The van der Waals surface area contributed by atoms with Crippen molar-refractivity contribution in [3.05, 3.63) is 0 Å². The number of carbonyl (C=O) groups excluding carboxylic acids is 1. The highest BCUT2D eigenvalue weighted by Gasteiger charge is 2.17. The molecule has 5 nitrogen and oxygen atoms in total. The lowest BCUT2D eigenvalue weighted by molar-refractivity contribution is -0.139. The van der Waals surface area contributed by atoms with Gasteiger partial charge in [-0.2, -0.15) is 0 Å². The molecule has 1 atom stereocenters. The van der Waals surface area contributed by atoms with E-state index in [1.54, 1.807) is 6.92 Å². The molecule has 0 amide bonds. The summed E-state index contributed by atoms with van der Waals surface area (Å²) in [6.07, 6.45) is 2.42. The molecule has 1 N–H and O–H groups in total. The highest BCUT2D eigenvalue weighted by atomic mass is 32.2. The van der Waals surface area contributed by atoms with Crippen LogP contribution in [0.1, 0.15) is 40.0 Å². The molecule has 0 fully saturated rings. The minimum Gasteiger partial charge on any atom is -0.465 e. The fraction of sp³-hybridized carbons (Fsp3) is 0.917.